The molecule has 1 aromatic heterocycles. The number of carboxylic acids is 1. The minimum absolute atomic E-state index is 0.0474. The summed E-state index contributed by atoms with van der Waals surface area (Å²) in [7, 11) is -0.812. The van der Waals surface area contributed by atoms with Gasteiger partial charge in [-0.3, -0.25) is 13.8 Å². The van der Waals surface area contributed by atoms with Crippen LogP contribution in [0.5, 0.6) is 0 Å². The average Bonchev–Trinajstić information content (AvgIpc) is 2.94. The van der Waals surface area contributed by atoms with Gasteiger partial charge in [-0.2, -0.15) is 5.10 Å². The van der Waals surface area contributed by atoms with Crippen molar-refractivity contribution in [2.75, 3.05) is 24.6 Å². The highest BCUT2D eigenvalue weighted by molar-refractivity contribution is 7.85. The molecule has 0 bridgehead atoms. The fourth-order valence-electron chi connectivity index (χ4n) is 3.29. The van der Waals surface area contributed by atoms with Gasteiger partial charge in [0, 0.05) is 53.1 Å². The zero-order valence-electron chi connectivity index (χ0n) is 15.5. The largest absolute Gasteiger partial charge is 0.481 e. The maximum absolute atomic E-state index is 12.6. The molecule has 1 aromatic carbocycles. The molecular weight excluding hydrogens is 366 g/mol. The van der Waals surface area contributed by atoms with E-state index in [9.17, 15) is 13.8 Å². The minimum atomic E-state index is -0.828. The highest BCUT2D eigenvalue weighted by Gasteiger charge is 2.21. The fourth-order valence-corrected chi connectivity index (χ4v) is 4.34. The molecule has 1 N–H and O–H groups in total. The molecule has 0 saturated carbocycles. The van der Waals surface area contributed by atoms with Crippen molar-refractivity contribution in [1.82, 2.24) is 14.7 Å². The molecule has 0 aliphatic carbocycles. The highest BCUT2D eigenvalue weighted by atomic mass is 32.2. The SMILES string of the molecule is Cc1nn(-c2ccc(C(=O)N3CCS(=O)CC3)cc2)c(C)c1CCC(=O)O. The lowest BCUT2D eigenvalue weighted by Gasteiger charge is -2.26. The number of aryl methyl sites for hydroxylation is 1. The number of amides is 1. The fraction of sp³-hybridized carbons (Fsp3) is 0.421. The number of hydrogen-bond donors (Lipinski definition) is 1. The number of carbonyl (C=O) groups excluding carboxylic acids is 1. The molecule has 8 heteroatoms. The van der Waals surface area contributed by atoms with E-state index in [1.165, 1.54) is 0 Å². The van der Waals surface area contributed by atoms with Crippen molar-refractivity contribution in [3.63, 3.8) is 0 Å². The molecule has 0 radical (unpaired) electrons. The van der Waals surface area contributed by atoms with Crippen LogP contribution >= 0.6 is 0 Å². The molecule has 2 heterocycles. The minimum Gasteiger partial charge on any atom is -0.481 e. The van der Waals surface area contributed by atoms with E-state index in [0.717, 1.165) is 22.6 Å². The summed E-state index contributed by atoms with van der Waals surface area (Å²) in [5.41, 5.74) is 4.09. The monoisotopic (exact) mass is 389 g/mol. The second kappa shape index (κ2) is 8.04. The molecule has 1 aliphatic heterocycles. The predicted molar refractivity (Wildman–Crippen MR) is 103 cm³/mol. The Morgan fingerprint density at radius 1 is 1.15 bits per heavy atom. The van der Waals surface area contributed by atoms with Crippen molar-refractivity contribution >= 4 is 22.7 Å². The van der Waals surface area contributed by atoms with Crippen LogP contribution in [0.2, 0.25) is 0 Å². The first-order valence-electron chi connectivity index (χ1n) is 8.88. The third-order valence-corrected chi connectivity index (χ3v) is 6.13. The molecule has 0 unspecified atom stereocenters. The van der Waals surface area contributed by atoms with Gasteiger partial charge in [-0.1, -0.05) is 0 Å². The van der Waals surface area contributed by atoms with E-state index in [4.69, 9.17) is 5.11 Å². The lowest BCUT2D eigenvalue weighted by molar-refractivity contribution is -0.136. The van der Waals surface area contributed by atoms with E-state index < -0.39 is 16.8 Å². The Hall–Kier alpha value is -2.48. The van der Waals surface area contributed by atoms with Gasteiger partial charge in [-0.05, 0) is 50.1 Å². The Labute approximate surface area is 160 Å². The summed E-state index contributed by atoms with van der Waals surface area (Å²) in [6.45, 7) is 4.85. The van der Waals surface area contributed by atoms with Crippen molar-refractivity contribution in [2.24, 2.45) is 0 Å². The second-order valence-corrected chi connectivity index (χ2v) is 8.34. The van der Waals surface area contributed by atoms with E-state index in [1.807, 2.05) is 26.0 Å². The predicted octanol–water partition coefficient (Wildman–Crippen LogP) is 1.71. The third kappa shape index (κ3) is 4.27. The van der Waals surface area contributed by atoms with Crippen LogP contribution in [0.1, 0.15) is 33.7 Å². The van der Waals surface area contributed by atoms with Gasteiger partial charge in [-0.25, -0.2) is 4.68 Å². The number of carboxylic acid groups (broad SMARTS) is 1. The summed E-state index contributed by atoms with van der Waals surface area (Å²) >= 11 is 0. The Balaban J connectivity index is 1.77. The molecule has 1 fully saturated rings. The zero-order chi connectivity index (χ0) is 19.6. The average molecular weight is 389 g/mol. The molecule has 27 heavy (non-hydrogen) atoms. The van der Waals surface area contributed by atoms with Crippen LogP contribution in [0, 0.1) is 13.8 Å². The number of rotatable bonds is 5. The van der Waals surface area contributed by atoms with Gasteiger partial charge in [0.1, 0.15) is 0 Å². The second-order valence-electron chi connectivity index (χ2n) is 6.64. The number of hydrogen-bond acceptors (Lipinski definition) is 4. The van der Waals surface area contributed by atoms with E-state index in [-0.39, 0.29) is 12.3 Å². The van der Waals surface area contributed by atoms with Crippen molar-refractivity contribution in [3.05, 3.63) is 46.8 Å². The van der Waals surface area contributed by atoms with E-state index in [2.05, 4.69) is 5.10 Å². The number of aromatic nitrogens is 2. The highest BCUT2D eigenvalue weighted by Crippen LogP contribution is 2.20. The van der Waals surface area contributed by atoms with Crippen LogP contribution in [0.15, 0.2) is 24.3 Å². The van der Waals surface area contributed by atoms with E-state index in [1.54, 1.807) is 21.7 Å². The standard InChI is InChI=1S/C19H23N3O4S/c1-13-17(7-8-18(23)24)14(2)22(20-13)16-5-3-15(4-6-16)19(25)21-9-11-27(26)12-10-21/h3-6H,7-12H2,1-2H3,(H,23,24). The summed E-state index contributed by atoms with van der Waals surface area (Å²) in [6.07, 6.45) is 0.515. The van der Waals surface area contributed by atoms with Crippen molar-refractivity contribution < 1.29 is 18.9 Å². The molecule has 1 amide bonds. The van der Waals surface area contributed by atoms with Gasteiger partial charge < -0.3 is 10.0 Å². The van der Waals surface area contributed by atoms with Crippen LogP contribution in [-0.2, 0) is 22.0 Å². The van der Waals surface area contributed by atoms with Crippen LogP contribution in [0.4, 0.5) is 0 Å². The van der Waals surface area contributed by atoms with Crippen molar-refractivity contribution in [1.29, 1.82) is 0 Å². The van der Waals surface area contributed by atoms with Gasteiger partial charge in [-0.15, -0.1) is 0 Å². The first kappa shape index (κ1) is 19.3. The lowest BCUT2D eigenvalue weighted by Crippen LogP contribution is -2.41. The number of nitrogens with zero attached hydrogens (tertiary/aromatic N) is 3. The molecule has 0 spiro atoms. The molecule has 2 aromatic rings. The molecule has 3 rings (SSSR count). The first-order valence-corrected chi connectivity index (χ1v) is 10.4. The number of aliphatic carboxylic acids is 1. The molecule has 0 atom stereocenters. The molecule has 144 valence electrons. The summed E-state index contributed by atoms with van der Waals surface area (Å²) in [4.78, 5) is 25.2. The molecule has 7 nitrogen and oxygen atoms in total. The van der Waals surface area contributed by atoms with Crippen molar-refractivity contribution in [3.8, 4) is 5.69 Å². The van der Waals surface area contributed by atoms with E-state index >= 15 is 0 Å². The molecular formula is C19H23N3O4S. The maximum Gasteiger partial charge on any atom is 0.303 e. The van der Waals surface area contributed by atoms with Crippen molar-refractivity contribution in [2.45, 2.75) is 26.7 Å². The molecule has 1 saturated heterocycles. The molecule has 1 aliphatic rings. The topological polar surface area (TPSA) is 92.5 Å². The quantitative estimate of drug-likeness (QED) is 0.840. The van der Waals surface area contributed by atoms with Gasteiger partial charge >= 0.3 is 5.97 Å². The van der Waals surface area contributed by atoms with Gasteiger partial charge in [0.05, 0.1) is 11.4 Å². The van der Waals surface area contributed by atoms with Crippen LogP contribution < -0.4 is 0 Å². The lowest BCUT2D eigenvalue weighted by atomic mass is 10.1. The number of carbonyl (C=O) groups is 2. The summed E-state index contributed by atoms with van der Waals surface area (Å²) in [5.74, 6) is 0.198. The van der Waals surface area contributed by atoms with Gasteiger partial charge in [0.2, 0.25) is 0 Å². The summed E-state index contributed by atoms with van der Waals surface area (Å²) in [6, 6.07) is 7.23. The normalized spacial score (nSPS) is 15.1. The van der Waals surface area contributed by atoms with Gasteiger partial charge in [0.15, 0.2) is 0 Å². The maximum atomic E-state index is 12.6. The van der Waals surface area contributed by atoms with Crippen LogP contribution in [0.3, 0.4) is 0 Å². The van der Waals surface area contributed by atoms with Crippen LogP contribution in [0.25, 0.3) is 5.69 Å². The van der Waals surface area contributed by atoms with E-state index in [0.29, 0.717) is 36.6 Å². The first-order chi connectivity index (χ1) is 12.9. The summed E-state index contributed by atoms with van der Waals surface area (Å²) < 4.78 is 13.2. The smallest absolute Gasteiger partial charge is 0.303 e. The third-order valence-electron chi connectivity index (χ3n) is 4.85. The Kier molecular flexibility index (Phi) is 5.74. The zero-order valence-corrected chi connectivity index (χ0v) is 16.3. The summed E-state index contributed by atoms with van der Waals surface area (Å²) in [5, 5.41) is 13.4. The number of benzene rings is 1. The Morgan fingerprint density at radius 3 is 2.37 bits per heavy atom. The van der Waals surface area contributed by atoms with Crippen LogP contribution in [-0.4, -0.2) is 60.5 Å². The van der Waals surface area contributed by atoms with Gasteiger partial charge in [0.25, 0.3) is 5.91 Å². The Bertz CT molecular complexity index is 879. The Morgan fingerprint density at radius 2 is 1.78 bits per heavy atom.